The maximum Gasteiger partial charge on any atom is 0.256 e. The first-order valence-electron chi connectivity index (χ1n) is 10.8. The van der Waals surface area contributed by atoms with Gasteiger partial charge in [0, 0.05) is 13.0 Å². The van der Waals surface area contributed by atoms with Crippen LogP contribution in [0.1, 0.15) is 47.2 Å². The standard InChI is InChI=1S/C25H25N3O4/c1-32-18-9-5-6-16(14-18)21(29)23(31)28-13-10-20-19(15-28)22(30)27-24(26-20)25(11-12-25)17-7-3-2-4-8-17/h2-9,14,21,29H,10-13,15H2,1H3,(H,26,27,30). The fraction of sp³-hybridized carbons (Fsp3) is 0.320. The number of aromatic amines is 1. The maximum absolute atomic E-state index is 13.0. The fourth-order valence-electron chi connectivity index (χ4n) is 4.51. The Morgan fingerprint density at radius 1 is 1.19 bits per heavy atom. The van der Waals surface area contributed by atoms with E-state index in [1.165, 1.54) is 12.0 Å². The highest BCUT2D eigenvalue weighted by molar-refractivity contribution is 5.82. The van der Waals surface area contributed by atoms with Crippen LogP contribution in [0.15, 0.2) is 59.4 Å². The molecule has 1 aliphatic heterocycles. The highest BCUT2D eigenvalue weighted by atomic mass is 16.5. The van der Waals surface area contributed by atoms with E-state index in [4.69, 9.17) is 9.72 Å². The van der Waals surface area contributed by atoms with Gasteiger partial charge in [0.15, 0.2) is 6.10 Å². The van der Waals surface area contributed by atoms with E-state index in [1.54, 1.807) is 24.3 Å². The molecule has 3 aromatic rings. The molecule has 0 radical (unpaired) electrons. The second kappa shape index (κ2) is 7.91. The molecule has 1 unspecified atom stereocenters. The van der Waals surface area contributed by atoms with E-state index in [9.17, 15) is 14.7 Å². The number of hydrogen-bond donors (Lipinski definition) is 2. The van der Waals surface area contributed by atoms with Crippen LogP contribution in [0.2, 0.25) is 0 Å². The molecule has 164 valence electrons. The van der Waals surface area contributed by atoms with E-state index in [1.807, 2.05) is 18.2 Å². The van der Waals surface area contributed by atoms with Crippen LogP contribution in [0.25, 0.3) is 0 Å². The summed E-state index contributed by atoms with van der Waals surface area (Å²) in [4.78, 5) is 35.3. The monoisotopic (exact) mass is 431 g/mol. The molecule has 2 aliphatic rings. The number of aliphatic hydroxyl groups excluding tert-OH is 1. The summed E-state index contributed by atoms with van der Waals surface area (Å²) < 4.78 is 5.18. The van der Waals surface area contributed by atoms with Gasteiger partial charge in [-0.15, -0.1) is 0 Å². The molecule has 7 nitrogen and oxygen atoms in total. The molecule has 1 saturated carbocycles. The fourth-order valence-corrected chi connectivity index (χ4v) is 4.51. The molecule has 2 heterocycles. The van der Waals surface area contributed by atoms with Gasteiger partial charge < -0.3 is 19.7 Å². The van der Waals surface area contributed by atoms with E-state index in [2.05, 4.69) is 17.1 Å². The predicted molar refractivity (Wildman–Crippen MR) is 118 cm³/mol. The van der Waals surface area contributed by atoms with Crippen molar-refractivity contribution in [2.45, 2.75) is 37.3 Å². The molecule has 0 spiro atoms. The molecule has 1 atom stereocenters. The van der Waals surface area contributed by atoms with Crippen molar-refractivity contribution in [1.82, 2.24) is 14.9 Å². The van der Waals surface area contributed by atoms with Crippen molar-refractivity contribution in [2.75, 3.05) is 13.7 Å². The number of H-pyrrole nitrogens is 1. The Labute approximate surface area is 185 Å². The van der Waals surface area contributed by atoms with Crippen molar-refractivity contribution in [3.63, 3.8) is 0 Å². The van der Waals surface area contributed by atoms with E-state index in [0.29, 0.717) is 35.7 Å². The minimum Gasteiger partial charge on any atom is -0.497 e. The SMILES string of the molecule is COc1cccc(C(O)C(=O)N2CCc3nc(C4(c5ccccc5)CC4)[nH]c(=O)c3C2)c1. The third-order valence-electron chi connectivity index (χ3n) is 6.55. The van der Waals surface area contributed by atoms with Gasteiger partial charge in [-0.2, -0.15) is 0 Å². The summed E-state index contributed by atoms with van der Waals surface area (Å²) in [5, 5.41) is 10.6. The van der Waals surface area contributed by atoms with Gasteiger partial charge in [-0.3, -0.25) is 9.59 Å². The third kappa shape index (κ3) is 3.48. The molecule has 5 rings (SSSR count). The Morgan fingerprint density at radius 2 is 1.97 bits per heavy atom. The number of ether oxygens (including phenoxy) is 1. The summed E-state index contributed by atoms with van der Waals surface area (Å²) in [5.41, 5.74) is 2.44. The first kappa shape index (κ1) is 20.5. The number of hydrogen-bond acceptors (Lipinski definition) is 5. The lowest BCUT2D eigenvalue weighted by molar-refractivity contribution is -0.141. The summed E-state index contributed by atoms with van der Waals surface area (Å²) >= 11 is 0. The van der Waals surface area contributed by atoms with Crippen molar-refractivity contribution >= 4 is 5.91 Å². The van der Waals surface area contributed by atoms with Crippen LogP contribution in [0, 0.1) is 0 Å². The molecule has 2 N–H and O–H groups in total. The van der Waals surface area contributed by atoms with Crippen molar-refractivity contribution in [3.05, 3.63) is 93.2 Å². The quantitative estimate of drug-likeness (QED) is 0.647. The number of nitrogens with zero attached hydrogens (tertiary/aromatic N) is 2. The third-order valence-corrected chi connectivity index (χ3v) is 6.55. The molecular weight excluding hydrogens is 406 g/mol. The number of fused-ring (bicyclic) bond motifs is 1. The number of aliphatic hydroxyl groups is 1. The number of aromatic nitrogens is 2. The lowest BCUT2D eigenvalue weighted by Gasteiger charge is -2.30. The zero-order valence-corrected chi connectivity index (χ0v) is 17.9. The Hall–Kier alpha value is -3.45. The number of nitrogens with one attached hydrogen (secondary N) is 1. The van der Waals surface area contributed by atoms with E-state index in [0.717, 1.165) is 24.1 Å². The molecule has 1 aromatic heterocycles. The lowest BCUT2D eigenvalue weighted by Crippen LogP contribution is -2.42. The molecule has 32 heavy (non-hydrogen) atoms. The number of rotatable bonds is 5. The predicted octanol–water partition coefficient (Wildman–Crippen LogP) is 2.48. The van der Waals surface area contributed by atoms with Gasteiger partial charge in [-0.25, -0.2) is 4.98 Å². The summed E-state index contributed by atoms with van der Waals surface area (Å²) in [7, 11) is 1.53. The van der Waals surface area contributed by atoms with Crippen LogP contribution in [0.3, 0.4) is 0 Å². The molecule has 0 bridgehead atoms. The van der Waals surface area contributed by atoms with E-state index < -0.39 is 12.0 Å². The Bertz CT molecular complexity index is 1220. The smallest absolute Gasteiger partial charge is 0.256 e. The van der Waals surface area contributed by atoms with E-state index >= 15 is 0 Å². The van der Waals surface area contributed by atoms with Gasteiger partial charge in [0.05, 0.1) is 30.3 Å². The highest BCUT2D eigenvalue weighted by Gasteiger charge is 2.48. The van der Waals surface area contributed by atoms with Crippen molar-refractivity contribution in [1.29, 1.82) is 0 Å². The number of carbonyl (C=O) groups excluding carboxylic acids is 1. The maximum atomic E-state index is 13.0. The van der Waals surface area contributed by atoms with Gasteiger partial charge in [0.1, 0.15) is 11.6 Å². The number of carbonyl (C=O) groups is 1. The van der Waals surface area contributed by atoms with Crippen LogP contribution in [-0.2, 0) is 23.2 Å². The van der Waals surface area contributed by atoms with Gasteiger partial charge in [-0.1, -0.05) is 42.5 Å². The second-order valence-electron chi connectivity index (χ2n) is 8.48. The first-order valence-corrected chi connectivity index (χ1v) is 10.8. The Morgan fingerprint density at radius 3 is 2.69 bits per heavy atom. The lowest BCUT2D eigenvalue weighted by atomic mass is 9.94. The molecule has 0 saturated heterocycles. The summed E-state index contributed by atoms with van der Waals surface area (Å²) in [6.07, 6.45) is 1.07. The minimum absolute atomic E-state index is 0.135. The first-order chi connectivity index (χ1) is 15.5. The van der Waals surface area contributed by atoms with Gasteiger partial charge >= 0.3 is 0 Å². The highest BCUT2D eigenvalue weighted by Crippen LogP contribution is 2.51. The molecule has 1 amide bonds. The van der Waals surface area contributed by atoms with Gasteiger partial charge in [0.2, 0.25) is 0 Å². The van der Waals surface area contributed by atoms with Gasteiger partial charge in [-0.05, 0) is 36.1 Å². The van der Waals surface area contributed by atoms with Crippen LogP contribution >= 0.6 is 0 Å². The summed E-state index contributed by atoms with van der Waals surface area (Å²) in [6, 6.07) is 16.9. The topological polar surface area (TPSA) is 95.5 Å². The zero-order chi connectivity index (χ0) is 22.3. The average molecular weight is 431 g/mol. The van der Waals surface area contributed by atoms with Crippen LogP contribution in [0.4, 0.5) is 0 Å². The number of methoxy groups -OCH3 is 1. The normalized spacial score (nSPS) is 17.4. The summed E-state index contributed by atoms with van der Waals surface area (Å²) in [5.74, 6) is 0.845. The van der Waals surface area contributed by atoms with E-state index in [-0.39, 0.29) is 17.5 Å². The number of amides is 1. The van der Waals surface area contributed by atoms with Crippen molar-refractivity contribution in [2.24, 2.45) is 0 Å². The molecule has 1 aliphatic carbocycles. The number of benzene rings is 2. The molecule has 2 aromatic carbocycles. The average Bonchev–Trinajstić information content (AvgIpc) is 3.66. The molecule has 1 fully saturated rings. The minimum atomic E-state index is -1.31. The van der Waals surface area contributed by atoms with Crippen LogP contribution < -0.4 is 10.3 Å². The molecule has 7 heteroatoms. The Kier molecular flexibility index (Phi) is 5.06. The van der Waals surface area contributed by atoms with Gasteiger partial charge in [0.25, 0.3) is 11.5 Å². The van der Waals surface area contributed by atoms with Crippen LogP contribution in [0.5, 0.6) is 5.75 Å². The molecular formula is C25H25N3O4. The zero-order valence-electron chi connectivity index (χ0n) is 17.9. The van der Waals surface area contributed by atoms with Crippen molar-refractivity contribution < 1.29 is 14.6 Å². The largest absolute Gasteiger partial charge is 0.497 e. The Balaban J connectivity index is 1.39. The van der Waals surface area contributed by atoms with Crippen LogP contribution in [-0.4, -0.2) is 39.5 Å². The van der Waals surface area contributed by atoms with Crippen molar-refractivity contribution in [3.8, 4) is 5.75 Å². The summed E-state index contributed by atoms with van der Waals surface area (Å²) in [6.45, 7) is 0.539. The second-order valence-corrected chi connectivity index (χ2v) is 8.48.